The molecule has 226 valence electrons. The molecule has 1 atom stereocenters. The summed E-state index contributed by atoms with van der Waals surface area (Å²) in [6, 6.07) is 10.00. The summed E-state index contributed by atoms with van der Waals surface area (Å²) in [5.74, 6) is -0.381. The zero-order valence-electron chi connectivity index (χ0n) is 25.3. The quantitative estimate of drug-likeness (QED) is 0.301. The predicted molar refractivity (Wildman–Crippen MR) is 162 cm³/mol. The molecule has 0 aliphatic rings. The summed E-state index contributed by atoms with van der Waals surface area (Å²) in [5, 5.41) is 8.45. The summed E-state index contributed by atoms with van der Waals surface area (Å²) in [5.41, 5.74) is -2.20. The van der Waals surface area contributed by atoms with Crippen molar-refractivity contribution in [2.24, 2.45) is 0 Å². The van der Waals surface area contributed by atoms with Crippen molar-refractivity contribution in [1.82, 2.24) is 20.2 Å². The van der Waals surface area contributed by atoms with Gasteiger partial charge < -0.3 is 25.4 Å². The van der Waals surface area contributed by atoms with E-state index in [2.05, 4.69) is 20.9 Å². The monoisotopic (exact) mass is 599 g/mol. The van der Waals surface area contributed by atoms with E-state index in [-0.39, 0.29) is 16.2 Å². The van der Waals surface area contributed by atoms with Crippen LogP contribution >= 0.6 is 11.6 Å². The van der Waals surface area contributed by atoms with Crippen LogP contribution in [0.15, 0.2) is 47.3 Å². The molecule has 0 fully saturated rings. The van der Waals surface area contributed by atoms with Gasteiger partial charge in [-0.15, -0.1) is 0 Å². The number of amides is 3. The number of halogens is 1. The van der Waals surface area contributed by atoms with Crippen molar-refractivity contribution >= 4 is 46.3 Å². The standard InChI is InChI=1S/C30H38ClN5O6/c1-17(32-27(40)42-29(5,6)7)23-34-21-15-11-14-20(31)22(21)24(37)36(23)19-13-10-12-18(16-19)33-26(39)35-30(8,9)25(38)41-28(2,3)4/h10-17H,1-9H3,(H,32,40)(H2,33,35,39). The summed E-state index contributed by atoms with van der Waals surface area (Å²) in [6.07, 6.45) is -0.679. The zero-order chi connectivity index (χ0) is 31.6. The van der Waals surface area contributed by atoms with Gasteiger partial charge in [0.15, 0.2) is 0 Å². The fourth-order valence-electron chi connectivity index (χ4n) is 3.92. The van der Waals surface area contributed by atoms with Crippen LogP contribution in [0.4, 0.5) is 15.3 Å². The molecule has 12 heteroatoms. The zero-order valence-corrected chi connectivity index (χ0v) is 26.1. The number of urea groups is 1. The molecule has 1 unspecified atom stereocenters. The number of ether oxygens (including phenoxy) is 2. The minimum absolute atomic E-state index is 0.197. The lowest BCUT2D eigenvalue weighted by molar-refractivity contribution is -0.161. The van der Waals surface area contributed by atoms with Crippen molar-refractivity contribution in [3.05, 3.63) is 63.7 Å². The van der Waals surface area contributed by atoms with Crippen LogP contribution in [0.25, 0.3) is 16.6 Å². The number of hydrogen-bond donors (Lipinski definition) is 3. The van der Waals surface area contributed by atoms with Gasteiger partial charge >= 0.3 is 18.1 Å². The van der Waals surface area contributed by atoms with Gasteiger partial charge in [-0.25, -0.2) is 19.4 Å². The van der Waals surface area contributed by atoms with E-state index in [4.69, 9.17) is 21.1 Å². The number of esters is 1. The van der Waals surface area contributed by atoms with Gasteiger partial charge in [-0.1, -0.05) is 23.7 Å². The first-order valence-electron chi connectivity index (χ1n) is 13.4. The topological polar surface area (TPSA) is 141 Å². The Hall–Kier alpha value is -4.12. The van der Waals surface area contributed by atoms with E-state index in [0.29, 0.717) is 16.9 Å². The summed E-state index contributed by atoms with van der Waals surface area (Å²) < 4.78 is 12.1. The SMILES string of the molecule is CC(NC(=O)OC(C)(C)C)c1nc2cccc(Cl)c2c(=O)n1-c1cccc(NC(=O)NC(C)(C)C(=O)OC(C)(C)C)c1. The lowest BCUT2D eigenvalue weighted by Gasteiger charge is -2.29. The number of anilines is 1. The van der Waals surface area contributed by atoms with Crippen LogP contribution in [0.5, 0.6) is 0 Å². The van der Waals surface area contributed by atoms with Gasteiger partial charge in [0.2, 0.25) is 0 Å². The molecule has 0 radical (unpaired) electrons. The molecule has 42 heavy (non-hydrogen) atoms. The largest absolute Gasteiger partial charge is 0.458 e. The second-order valence-electron chi connectivity index (χ2n) is 12.4. The Bertz CT molecular complexity index is 1570. The molecule has 3 N–H and O–H groups in total. The minimum atomic E-state index is -1.32. The summed E-state index contributed by atoms with van der Waals surface area (Å²) >= 11 is 6.39. The molecule has 3 amide bonds. The molecule has 3 aromatic rings. The number of hydrogen-bond acceptors (Lipinski definition) is 7. The fraction of sp³-hybridized carbons (Fsp3) is 0.433. The molecule has 0 saturated carbocycles. The number of carbonyl (C=O) groups is 3. The number of nitrogens with zero attached hydrogens (tertiary/aromatic N) is 2. The lowest BCUT2D eigenvalue weighted by atomic mass is 10.1. The Morgan fingerprint density at radius 2 is 1.55 bits per heavy atom. The van der Waals surface area contributed by atoms with Crippen molar-refractivity contribution in [2.75, 3.05) is 5.32 Å². The van der Waals surface area contributed by atoms with Crippen LogP contribution in [-0.2, 0) is 14.3 Å². The van der Waals surface area contributed by atoms with Crippen LogP contribution in [0.1, 0.15) is 74.2 Å². The van der Waals surface area contributed by atoms with E-state index in [0.717, 1.165) is 0 Å². The normalized spacial score (nSPS) is 12.8. The lowest BCUT2D eigenvalue weighted by Crippen LogP contribution is -2.53. The third-order valence-corrected chi connectivity index (χ3v) is 6.01. The molecule has 0 bridgehead atoms. The highest BCUT2D eigenvalue weighted by molar-refractivity contribution is 6.35. The maximum atomic E-state index is 13.8. The third-order valence-electron chi connectivity index (χ3n) is 5.69. The van der Waals surface area contributed by atoms with Gasteiger partial charge in [-0.2, -0.15) is 0 Å². The van der Waals surface area contributed by atoms with Gasteiger partial charge in [0.05, 0.1) is 27.7 Å². The average Bonchev–Trinajstić information content (AvgIpc) is 2.81. The summed E-state index contributed by atoms with van der Waals surface area (Å²) in [6.45, 7) is 15.2. The van der Waals surface area contributed by atoms with Crippen molar-refractivity contribution in [3.8, 4) is 5.69 Å². The van der Waals surface area contributed by atoms with E-state index >= 15 is 0 Å². The molecular formula is C30H38ClN5O6. The van der Waals surface area contributed by atoms with Gasteiger partial charge in [-0.3, -0.25) is 9.36 Å². The molecular weight excluding hydrogens is 562 g/mol. The maximum Gasteiger partial charge on any atom is 0.408 e. The van der Waals surface area contributed by atoms with Crippen LogP contribution in [-0.4, -0.2) is 44.4 Å². The Morgan fingerprint density at radius 1 is 0.929 bits per heavy atom. The molecule has 0 spiro atoms. The summed E-state index contributed by atoms with van der Waals surface area (Å²) in [7, 11) is 0. The molecule has 3 rings (SSSR count). The minimum Gasteiger partial charge on any atom is -0.458 e. The number of nitrogens with one attached hydrogen (secondary N) is 3. The Kier molecular flexibility index (Phi) is 9.26. The number of benzene rings is 2. The van der Waals surface area contributed by atoms with Crippen molar-refractivity contribution in [1.29, 1.82) is 0 Å². The Morgan fingerprint density at radius 3 is 2.17 bits per heavy atom. The number of aromatic nitrogens is 2. The highest BCUT2D eigenvalue weighted by atomic mass is 35.5. The van der Waals surface area contributed by atoms with E-state index in [9.17, 15) is 19.2 Å². The highest BCUT2D eigenvalue weighted by Crippen LogP contribution is 2.24. The number of fused-ring (bicyclic) bond motifs is 1. The molecule has 0 aliphatic heterocycles. The molecule has 0 aliphatic carbocycles. The number of carbonyl (C=O) groups excluding carboxylic acids is 3. The van der Waals surface area contributed by atoms with E-state index in [1.807, 2.05) is 0 Å². The molecule has 11 nitrogen and oxygen atoms in total. The predicted octanol–water partition coefficient (Wildman–Crippen LogP) is 5.87. The maximum absolute atomic E-state index is 13.8. The van der Waals surface area contributed by atoms with Crippen LogP contribution in [0.3, 0.4) is 0 Å². The van der Waals surface area contributed by atoms with Gasteiger partial charge in [0.25, 0.3) is 5.56 Å². The Labute approximate surface area is 249 Å². The summed E-state index contributed by atoms with van der Waals surface area (Å²) in [4.78, 5) is 56.5. The first-order chi connectivity index (χ1) is 19.3. The van der Waals surface area contributed by atoms with Gasteiger partial charge in [0.1, 0.15) is 22.6 Å². The van der Waals surface area contributed by atoms with E-state index in [1.165, 1.54) is 18.4 Å². The first-order valence-corrected chi connectivity index (χ1v) is 13.8. The Balaban J connectivity index is 2.00. The fourth-order valence-corrected chi connectivity index (χ4v) is 4.17. The van der Waals surface area contributed by atoms with Crippen molar-refractivity contribution in [3.63, 3.8) is 0 Å². The van der Waals surface area contributed by atoms with Crippen molar-refractivity contribution in [2.45, 2.75) is 85.1 Å². The molecule has 2 aromatic carbocycles. The second kappa shape index (κ2) is 12.0. The number of rotatable bonds is 6. The molecule has 0 saturated heterocycles. The second-order valence-corrected chi connectivity index (χ2v) is 12.8. The average molecular weight is 600 g/mol. The van der Waals surface area contributed by atoms with Gasteiger partial charge in [0, 0.05) is 5.69 Å². The van der Waals surface area contributed by atoms with Crippen LogP contribution in [0.2, 0.25) is 5.02 Å². The van der Waals surface area contributed by atoms with E-state index < -0.39 is 46.4 Å². The molecule has 1 heterocycles. The third kappa shape index (κ3) is 8.22. The number of alkyl carbamates (subject to hydrolysis) is 1. The van der Waals surface area contributed by atoms with Crippen LogP contribution in [0, 0.1) is 0 Å². The van der Waals surface area contributed by atoms with Crippen LogP contribution < -0.4 is 21.5 Å². The molecule has 1 aromatic heterocycles. The van der Waals surface area contributed by atoms with Crippen molar-refractivity contribution < 1.29 is 23.9 Å². The van der Waals surface area contributed by atoms with E-state index in [1.54, 1.807) is 90.9 Å². The van der Waals surface area contributed by atoms with Gasteiger partial charge in [-0.05, 0) is 92.6 Å². The first kappa shape index (κ1) is 32.4. The smallest absolute Gasteiger partial charge is 0.408 e. The highest BCUT2D eigenvalue weighted by Gasteiger charge is 2.34.